The van der Waals surface area contributed by atoms with Crippen LogP contribution in [0.5, 0.6) is 0 Å². The second kappa shape index (κ2) is 9.37. The van der Waals surface area contributed by atoms with Gasteiger partial charge in [0.2, 0.25) is 5.91 Å². The molecule has 2 amide bonds. The molecule has 0 spiro atoms. The molecule has 0 unspecified atom stereocenters. The van der Waals surface area contributed by atoms with Gasteiger partial charge in [-0.3, -0.25) is 19.2 Å². The molecule has 3 aromatic rings. The van der Waals surface area contributed by atoms with Gasteiger partial charge >= 0.3 is 0 Å². The van der Waals surface area contributed by atoms with E-state index >= 15 is 0 Å². The van der Waals surface area contributed by atoms with E-state index in [9.17, 15) is 9.59 Å². The molecule has 6 nitrogen and oxygen atoms in total. The van der Waals surface area contributed by atoms with E-state index in [1.54, 1.807) is 20.9 Å². The highest BCUT2D eigenvalue weighted by atomic mass is 32.1. The van der Waals surface area contributed by atoms with Crippen molar-refractivity contribution in [1.82, 2.24) is 15.1 Å². The van der Waals surface area contributed by atoms with Crippen LogP contribution in [0.2, 0.25) is 0 Å². The zero-order chi connectivity index (χ0) is 23.7. The zero-order valence-electron chi connectivity index (χ0n) is 19.9. The van der Waals surface area contributed by atoms with Crippen molar-refractivity contribution in [2.75, 3.05) is 4.90 Å². The van der Waals surface area contributed by atoms with Gasteiger partial charge in [-0.2, -0.15) is 5.10 Å². The molecular weight excluding hydrogens is 444 g/mol. The SMILES string of the molecule is CCc1ccc(N2C(=O)c3cc(-c4cccs4)nn3C[C@]2(C)C(=O)NC2CCCCCC2)cc1. The van der Waals surface area contributed by atoms with Crippen molar-refractivity contribution in [1.29, 1.82) is 0 Å². The number of aromatic nitrogens is 2. The van der Waals surface area contributed by atoms with Gasteiger partial charge in [0.25, 0.3) is 5.91 Å². The van der Waals surface area contributed by atoms with Crippen molar-refractivity contribution < 1.29 is 9.59 Å². The number of nitrogens with one attached hydrogen (secondary N) is 1. The fraction of sp³-hybridized carbons (Fsp3) is 0.444. The zero-order valence-corrected chi connectivity index (χ0v) is 20.7. The van der Waals surface area contributed by atoms with Gasteiger partial charge in [-0.1, -0.05) is 50.8 Å². The van der Waals surface area contributed by atoms with E-state index in [4.69, 9.17) is 5.10 Å². The van der Waals surface area contributed by atoms with Crippen LogP contribution in [-0.2, 0) is 17.8 Å². The Bertz CT molecular complexity index is 1160. The number of fused-ring (bicyclic) bond motifs is 1. The normalized spacial score (nSPS) is 21.2. The Labute approximate surface area is 205 Å². The molecule has 7 heteroatoms. The summed E-state index contributed by atoms with van der Waals surface area (Å²) in [4.78, 5) is 30.5. The van der Waals surface area contributed by atoms with Crippen LogP contribution >= 0.6 is 11.3 Å². The van der Waals surface area contributed by atoms with Gasteiger partial charge in [-0.15, -0.1) is 11.3 Å². The molecule has 178 valence electrons. The molecule has 5 rings (SSSR count). The topological polar surface area (TPSA) is 67.2 Å². The van der Waals surface area contributed by atoms with Crippen LogP contribution in [0.1, 0.15) is 68.4 Å². The Morgan fingerprint density at radius 1 is 1.15 bits per heavy atom. The Balaban J connectivity index is 1.53. The maximum absolute atomic E-state index is 13.9. The summed E-state index contributed by atoms with van der Waals surface area (Å²) in [7, 11) is 0. The fourth-order valence-corrected chi connectivity index (χ4v) is 5.86. The largest absolute Gasteiger partial charge is 0.351 e. The summed E-state index contributed by atoms with van der Waals surface area (Å²) in [5.74, 6) is -0.296. The van der Waals surface area contributed by atoms with E-state index in [0.29, 0.717) is 12.2 Å². The van der Waals surface area contributed by atoms with Gasteiger partial charge < -0.3 is 5.32 Å². The number of carbonyl (C=O) groups is 2. The smallest absolute Gasteiger partial charge is 0.277 e. The summed E-state index contributed by atoms with van der Waals surface area (Å²) in [6, 6.07) is 14.0. The Morgan fingerprint density at radius 3 is 2.53 bits per heavy atom. The number of carbonyl (C=O) groups excluding carboxylic acids is 2. The highest BCUT2D eigenvalue weighted by Crippen LogP contribution is 2.35. The third-order valence-corrected chi connectivity index (χ3v) is 8.10. The van der Waals surface area contributed by atoms with Crippen LogP contribution < -0.4 is 10.2 Å². The maximum Gasteiger partial charge on any atom is 0.277 e. The van der Waals surface area contributed by atoms with Crippen LogP contribution in [0.3, 0.4) is 0 Å². The van der Waals surface area contributed by atoms with Crippen molar-refractivity contribution in [3.05, 3.63) is 59.1 Å². The molecule has 1 fully saturated rings. The molecule has 1 saturated carbocycles. The van der Waals surface area contributed by atoms with Gasteiger partial charge in [-0.25, -0.2) is 0 Å². The molecule has 0 radical (unpaired) electrons. The summed E-state index contributed by atoms with van der Waals surface area (Å²) in [6.45, 7) is 4.30. The summed E-state index contributed by atoms with van der Waals surface area (Å²) in [5.41, 5.74) is 2.15. The molecule has 3 heterocycles. The second-order valence-electron chi connectivity index (χ2n) is 9.65. The van der Waals surface area contributed by atoms with Crippen molar-refractivity contribution in [3.8, 4) is 10.6 Å². The lowest BCUT2D eigenvalue weighted by atomic mass is 9.93. The van der Waals surface area contributed by atoms with Crippen LogP contribution in [0.15, 0.2) is 47.8 Å². The Morgan fingerprint density at radius 2 is 1.88 bits per heavy atom. The molecule has 1 aliphatic heterocycles. The van der Waals surface area contributed by atoms with E-state index in [1.165, 1.54) is 18.4 Å². The van der Waals surface area contributed by atoms with Gasteiger partial charge in [0.1, 0.15) is 16.9 Å². The number of aryl methyl sites for hydroxylation is 1. The highest BCUT2D eigenvalue weighted by molar-refractivity contribution is 7.13. The molecule has 1 aromatic carbocycles. The maximum atomic E-state index is 13.9. The van der Waals surface area contributed by atoms with Gasteiger partial charge in [-0.05, 0) is 61.4 Å². The number of amides is 2. The fourth-order valence-electron chi connectivity index (χ4n) is 5.18. The molecule has 1 atom stereocenters. The minimum atomic E-state index is -1.08. The summed E-state index contributed by atoms with van der Waals surface area (Å²) >= 11 is 1.59. The predicted octanol–water partition coefficient (Wildman–Crippen LogP) is 5.43. The molecule has 2 aliphatic rings. The lowest BCUT2D eigenvalue weighted by Gasteiger charge is -2.43. The lowest BCUT2D eigenvalue weighted by molar-refractivity contribution is -0.127. The average molecular weight is 477 g/mol. The highest BCUT2D eigenvalue weighted by Gasteiger charge is 2.49. The van der Waals surface area contributed by atoms with Crippen molar-refractivity contribution in [2.24, 2.45) is 0 Å². The molecule has 0 bridgehead atoms. The van der Waals surface area contributed by atoms with Crippen molar-refractivity contribution >= 4 is 28.8 Å². The first kappa shape index (κ1) is 22.8. The number of rotatable bonds is 5. The van der Waals surface area contributed by atoms with E-state index in [1.807, 2.05) is 54.8 Å². The van der Waals surface area contributed by atoms with Crippen LogP contribution in [0.25, 0.3) is 10.6 Å². The summed E-state index contributed by atoms with van der Waals surface area (Å²) in [6.07, 6.45) is 7.63. The lowest BCUT2D eigenvalue weighted by Crippen LogP contribution is -2.65. The number of benzene rings is 1. The standard InChI is InChI=1S/C27H32N4O2S/c1-3-19-12-14-21(15-13-19)31-25(32)23-17-22(24-11-8-16-34-24)29-30(23)18-27(31,2)26(33)28-20-9-6-4-5-7-10-20/h8,11-17,20H,3-7,9-10,18H2,1-2H3,(H,28,33)/t27-/m1/s1. The third-order valence-electron chi connectivity index (χ3n) is 7.21. The van der Waals surface area contributed by atoms with Crippen molar-refractivity contribution in [3.63, 3.8) is 0 Å². The molecule has 2 aromatic heterocycles. The van der Waals surface area contributed by atoms with Crippen molar-refractivity contribution in [2.45, 2.75) is 76.9 Å². The first-order chi connectivity index (χ1) is 16.5. The first-order valence-electron chi connectivity index (χ1n) is 12.4. The minimum Gasteiger partial charge on any atom is -0.351 e. The van der Waals surface area contributed by atoms with E-state index in [2.05, 4.69) is 12.2 Å². The number of hydrogen-bond donors (Lipinski definition) is 1. The molecule has 1 aliphatic carbocycles. The van der Waals surface area contributed by atoms with E-state index in [-0.39, 0.29) is 17.9 Å². The quantitative estimate of drug-likeness (QED) is 0.499. The monoisotopic (exact) mass is 476 g/mol. The number of anilines is 1. The second-order valence-corrected chi connectivity index (χ2v) is 10.6. The van der Waals surface area contributed by atoms with Crippen LogP contribution in [-0.4, -0.2) is 33.2 Å². The predicted molar refractivity (Wildman–Crippen MR) is 136 cm³/mol. The Hall–Kier alpha value is -2.93. The van der Waals surface area contributed by atoms with Gasteiger partial charge in [0.15, 0.2) is 0 Å². The third kappa shape index (κ3) is 4.17. The first-order valence-corrected chi connectivity index (χ1v) is 13.2. The average Bonchev–Trinajstić information content (AvgIpc) is 3.45. The summed E-state index contributed by atoms with van der Waals surface area (Å²) in [5, 5.41) is 10.0. The summed E-state index contributed by atoms with van der Waals surface area (Å²) < 4.78 is 1.72. The Kier molecular flexibility index (Phi) is 6.30. The minimum absolute atomic E-state index is 0.105. The van der Waals surface area contributed by atoms with Gasteiger partial charge in [0, 0.05) is 11.7 Å². The van der Waals surface area contributed by atoms with E-state index in [0.717, 1.165) is 48.4 Å². The van der Waals surface area contributed by atoms with Gasteiger partial charge in [0.05, 0.1) is 11.4 Å². The number of nitrogens with zero attached hydrogens (tertiary/aromatic N) is 3. The molecular formula is C27H32N4O2S. The molecule has 1 N–H and O–H groups in total. The van der Waals surface area contributed by atoms with Crippen LogP contribution in [0.4, 0.5) is 5.69 Å². The van der Waals surface area contributed by atoms with Crippen LogP contribution in [0, 0.1) is 0 Å². The molecule has 0 saturated heterocycles. The number of thiophene rings is 1. The van der Waals surface area contributed by atoms with E-state index < -0.39 is 5.54 Å². The number of hydrogen-bond acceptors (Lipinski definition) is 4. The molecule has 34 heavy (non-hydrogen) atoms.